The van der Waals surface area contributed by atoms with Crippen LogP contribution in [0.2, 0.25) is 0 Å². The van der Waals surface area contributed by atoms with Gasteiger partial charge in [-0.05, 0) is 18.6 Å². The van der Waals surface area contributed by atoms with E-state index in [-0.39, 0.29) is 11.9 Å². The third kappa shape index (κ3) is 2.46. The summed E-state index contributed by atoms with van der Waals surface area (Å²) >= 11 is 0. The number of anilines is 1. The lowest BCUT2D eigenvalue weighted by Crippen LogP contribution is -2.48. The second-order valence-corrected chi connectivity index (χ2v) is 4.29. The van der Waals surface area contributed by atoms with Crippen LogP contribution in [0.4, 0.5) is 5.82 Å². The predicted molar refractivity (Wildman–Crippen MR) is 69.7 cm³/mol. The first-order valence-corrected chi connectivity index (χ1v) is 6.29. The predicted octanol–water partition coefficient (Wildman–Crippen LogP) is 1.37. The van der Waals surface area contributed by atoms with E-state index in [9.17, 15) is 4.79 Å². The van der Waals surface area contributed by atoms with Crippen LogP contribution < -0.4 is 5.32 Å². The molecule has 1 N–H and O–H groups in total. The van der Waals surface area contributed by atoms with Gasteiger partial charge in [0.05, 0.1) is 24.8 Å². The van der Waals surface area contributed by atoms with Crippen molar-refractivity contribution in [1.29, 1.82) is 0 Å². The molecule has 1 amide bonds. The van der Waals surface area contributed by atoms with Crippen molar-refractivity contribution in [3.63, 3.8) is 0 Å². The van der Waals surface area contributed by atoms with E-state index in [4.69, 9.17) is 4.74 Å². The number of carbonyl (C=O) groups is 1. The lowest BCUT2D eigenvalue weighted by molar-refractivity contribution is -0.00276. The molecular formula is C13H19N3O2. The Kier molecular flexibility index (Phi) is 4.15. The zero-order chi connectivity index (χ0) is 13.0. The molecule has 1 fully saturated rings. The van der Waals surface area contributed by atoms with Crippen molar-refractivity contribution < 1.29 is 9.53 Å². The molecule has 1 saturated heterocycles. The minimum atomic E-state index is 0.0302. The van der Waals surface area contributed by atoms with Crippen molar-refractivity contribution in [2.24, 2.45) is 0 Å². The number of morpholine rings is 1. The molecule has 1 unspecified atom stereocenters. The maximum Gasteiger partial charge on any atom is 0.258 e. The lowest BCUT2D eigenvalue weighted by atomic mass is 10.1. The quantitative estimate of drug-likeness (QED) is 0.879. The van der Waals surface area contributed by atoms with Gasteiger partial charge in [-0.15, -0.1) is 0 Å². The summed E-state index contributed by atoms with van der Waals surface area (Å²) in [7, 11) is 1.77. The molecule has 98 valence electrons. The van der Waals surface area contributed by atoms with E-state index in [1.165, 1.54) is 0 Å². The van der Waals surface area contributed by atoms with Crippen LogP contribution in [0.15, 0.2) is 18.3 Å². The fraction of sp³-hybridized carbons (Fsp3) is 0.538. The van der Waals surface area contributed by atoms with Gasteiger partial charge < -0.3 is 15.0 Å². The van der Waals surface area contributed by atoms with Gasteiger partial charge in [-0.2, -0.15) is 0 Å². The molecular weight excluding hydrogens is 230 g/mol. The molecule has 0 spiro atoms. The summed E-state index contributed by atoms with van der Waals surface area (Å²) in [5.74, 6) is 0.659. The number of rotatable bonds is 3. The number of nitrogens with one attached hydrogen (secondary N) is 1. The van der Waals surface area contributed by atoms with Crippen molar-refractivity contribution in [3.8, 4) is 0 Å². The smallest absolute Gasteiger partial charge is 0.258 e. The normalized spacial score (nSPS) is 19.7. The Hall–Kier alpha value is -1.62. The monoisotopic (exact) mass is 249 g/mol. The first kappa shape index (κ1) is 12.8. The summed E-state index contributed by atoms with van der Waals surface area (Å²) in [6.07, 6.45) is 2.58. The van der Waals surface area contributed by atoms with Crippen LogP contribution in [-0.2, 0) is 4.74 Å². The standard InChI is InChI=1S/C13H19N3O2/c1-3-10-9-18-8-7-16(10)13(17)11-5-4-6-15-12(11)14-2/h4-6,10H,3,7-9H2,1-2H3,(H,14,15). The second kappa shape index (κ2) is 5.82. The molecule has 0 aromatic carbocycles. The fourth-order valence-electron chi connectivity index (χ4n) is 2.19. The minimum Gasteiger partial charge on any atom is -0.377 e. The maximum absolute atomic E-state index is 12.5. The molecule has 1 aromatic rings. The molecule has 5 heteroatoms. The maximum atomic E-state index is 12.5. The van der Waals surface area contributed by atoms with E-state index >= 15 is 0 Å². The Morgan fingerprint density at radius 3 is 3.22 bits per heavy atom. The zero-order valence-electron chi connectivity index (χ0n) is 10.8. The van der Waals surface area contributed by atoms with E-state index in [1.807, 2.05) is 11.0 Å². The average Bonchev–Trinajstić information content (AvgIpc) is 2.46. The zero-order valence-corrected chi connectivity index (χ0v) is 10.8. The van der Waals surface area contributed by atoms with Crippen molar-refractivity contribution in [3.05, 3.63) is 23.9 Å². The van der Waals surface area contributed by atoms with E-state index in [0.29, 0.717) is 31.1 Å². The molecule has 0 saturated carbocycles. The second-order valence-electron chi connectivity index (χ2n) is 4.29. The highest BCUT2D eigenvalue weighted by atomic mass is 16.5. The molecule has 1 aliphatic rings. The van der Waals surface area contributed by atoms with Gasteiger partial charge >= 0.3 is 0 Å². The Balaban J connectivity index is 2.24. The summed E-state index contributed by atoms with van der Waals surface area (Å²) in [6, 6.07) is 3.76. The van der Waals surface area contributed by atoms with E-state index in [1.54, 1.807) is 19.3 Å². The van der Waals surface area contributed by atoms with Crippen LogP contribution in [0, 0.1) is 0 Å². The van der Waals surface area contributed by atoms with Gasteiger partial charge in [-0.25, -0.2) is 4.98 Å². The number of pyridine rings is 1. The molecule has 0 bridgehead atoms. The summed E-state index contributed by atoms with van der Waals surface area (Å²) in [5, 5.41) is 2.96. The molecule has 2 heterocycles. The van der Waals surface area contributed by atoms with Gasteiger partial charge in [0.25, 0.3) is 5.91 Å². The highest BCUT2D eigenvalue weighted by Gasteiger charge is 2.28. The van der Waals surface area contributed by atoms with Gasteiger partial charge in [-0.3, -0.25) is 4.79 Å². The van der Waals surface area contributed by atoms with Gasteiger partial charge in [0, 0.05) is 19.8 Å². The van der Waals surface area contributed by atoms with E-state index < -0.39 is 0 Å². The van der Waals surface area contributed by atoms with Gasteiger partial charge in [0.15, 0.2) is 0 Å². The molecule has 1 atom stereocenters. The van der Waals surface area contributed by atoms with Crippen LogP contribution in [0.25, 0.3) is 0 Å². The van der Waals surface area contributed by atoms with Crippen LogP contribution >= 0.6 is 0 Å². The summed E-state index contributed by atoms with van der Waals surface area (Å²) in [6.45, 7) is 3.95. The number of amides is 1. The molecule has 1 aromatic heterocycles. The number of nitrogens with zero attached hydrogens (tertiary/aromatic N) is 2. The number of hydrogen-bond donors (Lipinski definition) is 1. The Labute approximate surface area is 107 Å². The number of carbonyl (C=O) groups excluding carboxylic acids is 1. The van der Waals surface area contributed by atoms with Crippen LogP contribution in [0.5, 0.6) is 0 Å². The van der Waals surface area contributed by atoms with Gasteiger partial charge in [0.1, 0.15) is 5.82 Å². The topological polar surface area (TPSA) is 54.5 Å². The SMILES string of the molecule is CCC1COCCN1C(=O)c1cccnc1NC. The number of ether oxygens (including phenoxy) is 1. The number of aromatic nitrogens is 1. The van der Waals surface area contributed by atoms with Crippen molar-refractivity contribution in [2.45, 2.75) is 19.4 Å². The third-order valence-electron chi connectivity index (χ3n) is 3.23. The van der Waals surface area contributed by atoms with E-state index in [2.05, 4.69) is 17.2 Å². The van der Waals surface area contributed by atoms with Crippen LogP contribution in [0.1, 0.15) is 23.7 Å². The fourth-order valence-corrected chi connectivity index (χ4v) is 2.19. The first-order valence-electron chi connectivity index (χ1n) is 6.29. The highest BCUT2D eigenvalue weighted by molar-refractivity contribution is 5.98. The summed E-state index contributed by atoms with van der Waals surface area (Å²) < 4.78 is 5.42. The van der Waals surface area contributed by atoms with Crippen molar-refractivity contribution >= 4 is 11.7 Å². The Morgan fingerprint density at radius 2 is 2.50 bits per heavy atom. The third-order valence-corrected chi connectivity index (χ3v) is 3.23. The summed E-state index contributed by atoms with van der Waals surface area (Å²) in [5.41, 5.74) is 0.625. The van der Waals surface area contributed by atoms with Crippen LogP contribution in [0.3, 0.4) is 0 Å². The molecule has 18 heavy (non-hydrogen) atoms. The highest BCUT2D eigenvalue weighted by Crippen LogP contribution is 2.18. The van der Waals surface area contributed by atoms with Gasteiger partial charge in [-0.1, -0.05) is 6.92 Å². The molecule has 0 radical (unpaired) electrons. The van der Waals surface area contributed by atoms with Crippen LogP contribution in [-0.4, -0.2) is 48.6 Å². The van der Waals surface area contributed by atoms with Gasteiger partial charge in [0.2, 0.25) is 0 Å². The van der Waals surface area contributed by atoms with Crippen molar-refractivity contribution in [2.75, 3.05) is 32.1 Å². The average molecular weight is 249 g/mol. The molecule has 0 aliphatic carbocycles. The van der Waals surface area contributed by atoms with Crippen molar-refractivity contribution in [1.82, 2.24) is 9.88 Å². The first-order chi connectivity index (χ1) is 8.77. The Morgan fingerprint density at radius 1 is 1.67 bits per heavy atom. The summed E-state index contributed by atoms with van der Waals surface area (Å²) in [4.78, 5) is 18.6. The molecule has 5 nitrogen and oxygen atoms in total. The lowest BCUT2D eigenvalue weighted by Gasteiger charge is -2.35. The minimum absolute atomic E-state index is 0.0302. The van der Waals surface area contributed by atoms with E-state index in [0.717, 1.165) is 6.42 Å². The molecule has 1 aliphatic heterocycles. The Bertz CT molecular complexity index is 422. The largest absolute Gasteiger partial charge is 0.377 e. The molecule has 2 rings (SSSR count). The number of hydrogen-bond acceptors (Lipinski definition) is 4.